The summed E-state index contributed by atoms with van der Waals surface area (Å²) in [5.74, 6) is 0. The van der Waals surface area contributed by atoms with Crippen molar-refractivity contribution in [2.45, 2.75) is 19.4 Å². The summed E-state index contributed by atoms with van der Waals surface area (Å²) in [6, 6.07) is 0. The normalized spacial score (nSPS) is 17.6. The monoisotopic (exact) mass is 259 g/mol. The van der Waals surface area contributed by atoms with Gasteiger partial charge in [0.25, 0.3) is 10.2 Å². The minimum atomic E-state index is -3.31. The second-order valence-electron chi connectivity index (χ2n) is 4.04. The molecule has 1 aromatic heterocycles. The van der Waals surface area contributed by atoms with E-state index >= 15 is 0 Å². The van der Waals surface area contributed by atoms with Gasteiger partial charge in [-0.2, -0.15) is 17.8 Å². The fourth-order valence-corrected chi connectivity index (χ4v) is 3.08. The number of anilines is 1. The van der Waals surface area contributed by atoms with E-state index in [0.29, 0.717) is 31.9 Å². The molecule has 0 unspecified atom stereocenters. The Labute approximate surface area is 101 Å². The maximum absolute atomic E-state index is 11.8. The van der Waals surface area contributed by atoms with Crippen molar-refractivity contribution >= 4 is 15.9 Å². The number of aromatic nitrogens is 2. The molecule has 0 bridgehead atoms. The quantitative estimate of drug-likeness (QED) is 0.738. The molecular weight excluding hydrogens is 242 g/mol. The van der Waals surface area contributed by atoms with Gasteiger partial charge in [0.1, 0.15) is 0 Å². The predicted octanol–water partition coefficient (Wildman–Crippen LogP) is -0.604. The van der Waals surface area contributed by atoms with Gasteiger partial charge in [0.05, 0.1) is 18.4 Å². The fraction of sp³-hybridized carbons (Fsp3) is 0.667. The fourth-order valence-electron chi connectivity index (χ4n) is 1.81. The van der Waals surface area contributed by atoms with E-state index in [1.165, 1.54) is 10.5 Å². The largest absolute Gasteiger partial charge is 0.396 e. The van der Waals surface area contributed by atoms with Crippen molar-refractivity contribution < 1.29 is 8.42 Å². The number of nitrogens with two attached hydrogens (primary N) is 1. The Bertz CT molecular complexity index is 463. The van der Waals surface area contributed by atoms with Crippen molar-refractivity contribution in [3.63, 3.8) is 0 Å². The van der Waals surface area contributed by atoms with E-state index in [1.807, 2.05) is 0 Å². The Balaban J connectivity index is 1.81. The van der Waals surface area contributed by atoms with E-state index in [0.717, 1.165) is 12.8 Å². The molecule has 2 heterocycles. The summed E-state index contributed by atoms with van der Waals surface area (Å²) in [7, 11) is -3.31. The van der Waals surface area contributed by atoms with Crippen molar-refractivity contribution in [3.8, 4) is 0 Å². The van der Waals surface area contributed by atoms with Gasteiger partial charge >= 0.3 is 0 Å². The molecule has 1 aromatic rings. The minimum absolute atomic E-state index is 0.319. The van der Waals surface area contributed by atoms with Crippen molar-refractivity contribution in [2.75, 3.05) is 25.4 Å². The third-order valence-electron chi connectivity index (χ3n) is 2.68. The average molecular weight is 259 g/mol. The second-order valence-corrected chi connectivity index (χ2v) is 5.80. The molecule has 0 aliphatic carbocycles. The molecule has 0 radical (unpaired) electrons. The van der Waals surface area contributed by atoms with Crippen molar-refractivity contribution in [1.82, 2.24) is 18.8 Å². The summed E-state index contributed by atoms with van der Waals surface area (Å²) in [5.41, 5.74) is 6.08. The highest BCUT2D eigenvalue weighted by atomic mass is 32.2. The van der Waals surface area contributed by atoms with Crippen LogP contribution in [0.25, 0.3) is 0 Å². The standard InChI is InChI=1S/C9H17N5O2S/c10-9-7-11-13(8-9)6-3-12-17(15,16)14-4-1-2-5-14/h7-8,12H,1-6,10H2. The molecule has 0 amide bonds. The highest BCUT2D eigenvalue weighted by Gasteiger charge is 2.24. The molecule has 0 saturated carbocycles. The van der Waals surface area contributed by atoms with Gasteiger partial charge in [-0.25, -0.2) is 4.72 Å². The van der Waals surface area contributed by atoms with E-state index in [9.17, 15) is 8.42 Å². The number of nitrogens with one attached hydrogen (secondary N) is 1. The van der Waals surface area contributed by atoms with Crippen LogP contribution >= 0.6 is 0 Å². The summed E-state index contributed by atoms with van der Waals surface area (Å²) in [6.07, 6.45) is 5.09. The molecule has 1 fully saturated rings. The van der Waals surface area contributed by atoms with Gasteiger partial charge < -0.3 is 5.73 Å². The summed E-state index contributed by atoms with van der Waals surface area (Å²) in [6.45, 7) is 2.03. The molecule has 7 nitrogen and oxygen atoms in total. The van der Waals surface area contributed by atoms with Crippen LogP contribution in [0.1, 0.15) is 12.8 Å². The molecule has 17 heavy (non-hydrogen) atoms. The first-order valence-corrected chi connectivity index (χ1v) is 7.04. The Hall–Kier alpha value is -1.12. The van der Waals surface area contributed by atoms with Gasteiger partial charge in [0.15, 0.2) is 0 Å². The van der Waals surface area contributed by atoms with E-state index in [-0.39, 0.29) is 0 Å². The Morgan fingerprint density at radius 3 is 2.71 bits per heavy atom. The first-order valence-electron chi connectivity index (χ1n) is 5.60. The molecule has 3 N–H and O–H groups in total. The average Bonchev–Trinajstić information content (AvgIpc) is 2.89. The molecule has 96 valence electrons. The van der Waals surface area contributed by atoms with Crippen molar-refractivity contribution in [2.24, 2.45) is 0 Å². The van der Waals surface area contributed by atoms with E-state index < -0.39 is 10.2 Å². The molecular formula is C9H17N5O2S. The molecule has 0 spiro atoms. The molecule has 2 rings (SSSR count). The SMILES string of the molecule is Nc1cnn(CCNS(=O)(=O)N2CCCC2)c1. The van der Waals surface area contributed by atoms with Crippen LogP contribution < -0.4 is 10.5 Å². The van der Waals surface area contributed by atoms with Gasteiger partial charge in [0.2, 0.25) is 0 Å². The van der Waals surface area contributed by atoms with Crippen LogP contribution in [-0.4, -0.2) is 42.1 Å². The van der Waals surface area contributed by atoms with Gasteiger partial charge in [-0.05, 0) is 12.8 Å². The summed E-state index contributed by atoms with van der Waals surface area (Å²) in [5, 5.41) is 3.98. The van der Waals surface area contributed by atoms with Gasteiger partial charge in [-0.15, -0.1) is 0 Å². The zero-order valence-electron chi connectivity index (χ0n) is 9.54. The van der Waals surface area contributed by atoms with E-state index in [2.05, 4.69) is 9.82 Å². The Morgan fingerprint density at radius 2 is 2.12 bits per heavy atom. The zero-order valence-corrected chi connectivity index (χ0v) is 10.4. The molecule has 1 aliphatic rings. The molecule has 0 atom stereocenters. The van der Waals surface area contributed by atoms with Crippen LogP contribution in [0.3, 0.4) is 0 Å². The number of rotatable bonds is 5. The molecule has 1 aliphatic heterocycles. The number of hydrogen-bond donors (Lipinski definition) is 2. The zero-order chi connectivity index (χ0) is 12.3. The van der Waals surface area contributed by atoms with Crippen LogP contribution in [-0.2, 0) is 16.8 Å². The maximum Gasteiger partial charge on any atom is 0.279 e. The first-order chi connectivity index (χ1) is 8.08. The maximum atomic E-state index is 11.8. The third kappa shape index (κ3) is 3.18. The second kappa shape index (κ2) is 5.03. The molecule has 0 aromatic carbocycles. The van der Waals surface area contributed by atoms with Gasteiger partial charge in [-0.1, -0.05) is 0 Å². The van der Waals surface area contributed by atoms with Gasteiger partial charge in [0, 0.05) is 25.8 Å². The predicted molar refractivity (Wildman–Crippen MR) is 64.4 cm³/mol. The van der Waals surface area contributed by atoms with E-state index in [4.69, 9.17) is 5.73 Å². The van der Waals surface area contributed by atoms with E-state index in [1.54, 1.807) is 10.9 Å². The summed E-state index contributed by atoms with van der Waals surface area (Å²) >= 11 is 0. The third-order valence-corrected chi connectivity index (χ3v) is 4.30. The number of nitrogens with zero attached hydrogens (tertiary/aromatic N) is 3. The summed E-state index contributed by atoms with van der Waals surface area (Å²) in [4.78, 5) is 0. The smallest absolute Gasteiger partial charge is 0.279 e. The highest BCUT2D eigenvalue weighted by Crippen LogP contribution is 2.10. The lowest BCUT2D eigenvalue weighted by atomic mass is 10.4. The van der Waals surface area contributed by atoms with Crippen LogP contribution in [0, 0.1) is 0 Å². The Morgan fingerprint density at radius 1 is 1.41 bits per heavy atom. The van der Waals surface area contributed by atoms with Crippen LogP contribution in [0.5, 0.6) is 0 Å². The number of hydrogen-bond acceptors (Lipinski definition) is 4. The van der Waals surface area contributed by atoms with Crippen molar-refractivity contribution in [3.05, 3.63) is 12.4 Å². The van der Waals surface area contributed by atoms with Crippen LogP contribution in [0.4, 0.5) is 5.69 Å². The van der Waals surface area contributed by atoms with Gasteiger partial charge in [-0.3, -0.25) is 4.68 Å². The Kier molecular flexibility index (Phi) is 3.65. The lowest BCUT2D eigenvalue weighted by molar-refractivity contribution is 0.460. The summed E-state index contributed by atoms with van der Waals surface area (Å²) < 4.78 is 29.2. The first kappa shape index (κ1) is 12.3. The van der Waals surface area contributed by atoms with Crippen molar-refractivity contribution in [1.29, 1.82) is 0 Å². The lowest BCUT2D eigenvalue weighted by Crippen LogP contribution is -2.40. The van der Waals surface area contributed by atoms with Crippen LogP contribution in [0.15, 0.2) is 12.4 Å². The topological polar surface area (TPSA) is 93.2 Å². The molecule has 8 heteroatoms. The number of nitrogen functional groups attached to an aromatic ring is 1. The van der Waals surface area contributed by atoms with Crippen LogP contribution in [0.2, 0.25) is 0 Å². The minimum Gasteiger partial charge on any atom is -0.396 e. The molecule has 1 saturated heterocycles. The lowest BCUT2D eigenvalue weighted by Gasteiger charge is -2.15. The highest BCUT2D eigenvalue weighted by molar-refractivity contribution is 7.87.